The minimum absolute atomic E-state index is 0.00930. The van der Waals surface area contributed by atoms with Gasteiger partial charge in [-0.05, 0) is 74.6 Å². The van der Waals surface area contributed by atoms with Crippen LogP contribution in [0.4, 0.5) is 8.78 Å². The van der Waals surface area contributed by atoms with Crippen LogP contribution in [0.5, 0.6) is 11.5 Å². The Morgan fingerprint density at radius 3 is 2.42 bits per heavy atom. The zero-order chi connectivity index (χ0) is 23.3. The fraction of sp³-hybridized carbons (Fsp3) is 0.222. The second kappa shape index (κ2) is 7.81. The SMILES string of the molecule is CC(C)(O)c1ccc(Oc2ccc(F)cc2F)c(-n2cc(C3CC3)c(=O)c3ccccc32)c1. The Hall–Kier alpha value is -3.51. The first-order chi connectivity index (χ1) is 15.7. The van der Waals surface area contributed by atoms with Crippen molar-refractivity contribution in [3.8, 4) is 17.2 Å². The zero-order valence-corrected chi connectivity index (χ0v) is 18.3. The summed E-state index contributed by atoms with van der Waals surface area (Å²) in [4.78, 5) is 13.1. The van der Waals surface area contributed by atoms with Gasteiger partial charge in [0, 0.05) is 23.2 Å². The Bertz CT molecular complexity index is 1430. The lowest BCUT2D eigenvalue weighted by atomic mass is 9.97. The predicted octanol–water partition coefficient (Wildman–Crippen LogP) is 6.17. The van der Waals surface area contributed by atoms with Crippen LogP contribution in [0.1, 0.15) is 43.7 Å². The molecule has 1 N–H and O–H groups in total. The highest BCUT2D eigenvalue weighted by Gasteiger charge is 2.28. The van der Waals surface area contributed by atoms with E-state index < -0.39 is 17.2 Å². The Balaban J connectivity index is 1.77. The van der Waals surface area contributed by atoms with E-state index >= 15 is 0 Å². The van der Waals surface area contributed by atoms with Crippen molar-refractivity contribution in [2.45, 2.75) is 38.2 Å². The summed E-state index contributed by atoms with van der Waals surface area (Å²) in [6, 6.07) is 15.5. The predicted molar refractivity (Wildman–Crippen MR) is 123 cm³/mol. The first-order valence-corrected chi connectivity index (χ1v) is 10.9. The topological polar surface area (TPSA) is 51.5 Å². The molecule has 1 aromatic heterocycles. The van der Waals surface area contributed by atoms with Crippen molar-refractivity contribution in [2.24, 2.45) is 0 Å². The molecule has 3 aromatic carbocycles. The highest BCUT2D eigenvalue weighted by atomic mass is 19.1. The molecule has 0 spiro atoms. The molecule has 6 heteroatoms. The maximum absolute atomic E-state index is 14.4. The lowest BCUT2D eigenvalue weighted by molar-refractivity contribution is 0.0785. The van der Waals surface area contributed by atoms with Gasteiger partial charge in [-0.25, -0.2) is 8.78 Å². The van der Waals surface area contributed by atoms with Crippen molar-refractivity contribution >= 4 is 10.9 Å². The Kier molecular flexibility index (Phi) is 5.05. The quantitative estimate of drug-likeness (QED) is 0.398. The van der Waals surface area contributed by atoms with E-state index in [1.807, 2.05) is 29.0 Å². The van der Waals surface area contributed by atoms with Gasteiger partial charge in [-0.2, -0.15) is 0 Å². The van der Waals surface area contributed by atoms with Gasteiger partial charge in [0.1, 0.15) is 5.82 Å². The maximum atomic E-state index is 14.4. The van der Waals surface area contributed by atoms with Crippen molar-refractivity contribution in [1.82, 2.24) is 4.57 Å². The second-order valence-corrected chi connectivity index (χ2v) is 8.99. The number of benzene rings is 3. The van der Waals surface area contributed by atoms with E-state index in [1.165, 1.54) is 6.07 Å². The third-order valence-corrected chi connectivity index (χ3v) is 5.99. The normalized spacial score (nSPS) is 14.0. The molecule has 1 aliphatic carbocycles. The molecule has 4 aromatic rings. The van der Waals surface area contributed by atoms with Gasteiger partial charge in [-0.15, -0.1) is 0 Å². The fourth-order valence-corrected chi connectivity index (χ4v) is 4.03. The minimum Gasteiger partial charge on any atom is -0.452 e. The maximum Gasteiger partial charge on any atom is 0.192 e. The van der Waals surface area contributed by atoms with Gasteiger partial charge in [0.25, 0.3) is 0 Å². The lowest BCUT2D eigenvalue weighted by Crippen LogP contribution is -2.17. The number of hydrogen-bond acceptors (Lipinski definition) is 3. The van der Waals surface area contributed by atoms with E-state index in [2.05, 4.69) is 0 Å². The average molecular weight is 447 g/mol. The van der Waals surface area contributed by atoms with Gasteiger partial charge >= 0.3 is 0 Å². The van der Waals surface area contributed by atoms with Crippen LogP contribution in [-0.2, 0) is 5.60 Å². The molecule has 4 nitrogen and oxygen atoms in total. The second-order valence-electron chi connectivity index (χ2n) is 8.99. The molecular weight excluding hydrogens is 424 g/mol. The van der Waals surface area contributed by atoms with E-state index in [0.29, 0.717) is 27.9 Å². The molecule has 0 radical (unpaired) electrons. The Labute approximate surface area is 189 Å². The summed E-state index contributed by atoms with van der Waals surface area (Å²) < 4.78 is 35.5. The van der Waals surface area contributed by atoms with E-state index in [9.17, 15) is 18.7 Å². The average Bonchev–Trinajstić information content (AvgIpc) is 3.61. The molecule has 5 rings (SSSR count). The minimum atomic E-state index is -1.14. The molecule has 33 heavy (non-hydrogen) atoms. The van der Waals surface area contributed by atoms with Gasteiger partial charge in [0.15, 0.2) is 22.7 Å². The van der Waals surface area contributed by atoms with Crippen LogP contribution in [-0.4, -0.2) is 9.67 Å². The Morgan fingerprint density at radius 2 is 1.73 bits per heavy atom. The highest BCUT2D eigenvalue weighted by molar-refractivity contribution is 5.82. The van der Waals surface area contributed by atoms with Gasteiger partial charge < -0.3 is 14.4 Å². The largest absolute Gasteiger partial charge is 0.452 e. The van der Waals surface area contributed by atoms with Crippen LogP contribution in [0.2, 0.25) is 0 Å². The number of fused-ring (bicyclic) bond motifs is 1. The van der Waals surface area contributed by atoms with E-state index in [1.54, 1.807) is 38.1 Å². The molecule has 0 atom stereocenters. The van der Waals surface area contributed by atoms with E-state index in [0.717, 1.165) is 30.5 Å². The molecule has 0 bridgehead atoms. The van der Waals surface area contributed by atoms with E-state index in [4.69, 9.17) is 4.74 Å². The molecule has 0 amide bonds. The van der Waals surface area contributed by atoms with Crippen LogP contribution < -0.4 is 10.2 Å². The molecule has 1 saturated carbocycles. The first-order valence-electron chi connectivity index (χ1n) is 10.9. The number of aromatic nitrogens is 1. The molecule has 1 heterocycles. The molecular formula is C27H23F2NO3. The molecule has 1 aliphatic rings. The number of aliphatic hydroxyl groups is 1. The van der Waals surface area contributed by atoms with Crippen LogP contribution in [0, 0.1) is 11.6 Å². The van der Waals surface area contributed by atoms with Crippen LogP contribution in [0.3, 0.4) is 0 Å². The number of hydrogen-bond donors (Lipinski definition) is 1. The zero-order valence-electron chi connectivity index (χ0n) is 18.3. The van der Waals surface area contributed by atoms with Gasteiger partial charge in [0.05, 0.1) is 16.8 Å². The molecule has 0 unspecified atom stereocenters. The third kappa shape index (κ3) is 4.02. The Morgan fingerprint density at radius 1 is 1.00 bits per heavy atom. The van der Waals surface area contributed by atoms with Crippen LogP contribution in [0.25, 0.3) is 16.6 Å². The molecule has 1 fully saturated rings. The summed E-state index contributed by atoms with van der Waals surface area (Å²) in [6.07, 6.45) is 3.74. The summed E-state index contributed by atoms with van der Waals surface area (Å²) in [5.74, 6) is -1.12. The smallest absolute Gasteiger partial charge is 0.192 e. The van der Waals surface area contributed by atoms with Crippen LogP contribution >= 0.6 is 0 Å². The van der Waals surface area contributed by atoms with Gasteiger partial charge in [-0.3, -0.25) is 4.79 Å². The summed E-state index contributed by atoms with van der Waals surface area (Å²) in [6.45, 7) is 3.34. The molecule has 0 saturated heterocycles. The van der Waals surface area contributed by atoms with Crippen molar-refractivity contribution < 1.29 is 18.6 Å². The molecule has 0 aliphatic heterocycles. The standard InChI is InChI=1S/C27H23F2NO3/c1-27(2,32)17-9-11-25(33-24-12-10-18(28)14-21(24)29)23(13-17)30-15-20(16-7-8-16)26(31)19-5-3-4-6-22(19)30/h3-6,9-16,32H,7-8H2,1-2H3. The number of ether oxygens (including phenoxy) is 1. The van der Waals surface area contributed by atoms with Gasteiger partial charge in [-0.1, -0.05) is 18.2 Å². The van der Waals surface area contributed by atoms with Crippen molar-refractivity contribution in [3.05, 3.63) is 99.8 Å². The molecule has 168 valence electrons. The number of pyridine rings is 1. The monoisotopic (exact) mass is 447 g/mol. The fourth-order valence-electron chi connectivity index (χ4n) is 4.03. The lowest BCUT2D eigenvalue weighted by Gasteiger charge is -2.22. The van der Waals surface area contributed by atoms with E-state index in [-0.39, 0.29) is 17.1 Å². The van der Waals surface area contributed by atoms with Crippen molar-refractivity contribution in [3.63, 3.8) is 0 Å². The number of rotatable bonds is 5. The number of nitrogens with zero attached hydrogens (tertiary/aromatic N) is 1. The first kappa shape index (κ1) is 21.3. The third-order valence-electron chi connectivity index (χ3n) is 5.99. The van der Waals surface area contributed by atoms with Gasteiger partial charge in [0.2, 0.25) is 0 Å². The highest BCUT2D eigenvalue weighted by Crippen LogP contribution is 2.40. The summed E-state index contributed by atoms with van der Waals surface area (Å²) >= 11 is 0. The summed E-state index contributed by atoms with van der Waals surface area (Å²) in [5.41, 5.74) is 1.43. The van der Waals surface area contributed by atoms with Crippen LogP contribution in [0.15, 0.2) is 71.7 Å². The number of halogens is 2. The summed E-state index contributed by atoms with van der Waals surface area (Å²) in [5, 5.41) is 11.2. The number of para-hydroxylation sites is 1. The summed E-state index contributed by atoms with van der Waals surface area (Å²) in [7, 11) is 0. The van der Waals surface area contributed by atoms with Crippen molar-refractivity contribution in [2.75, 3.05) is 0 Å². The van der Waals surface area contributed by atoms with Crippen molar-refractivity contribution in [1.29, 1.82) is 0 Å².